The third-order valence-corrected chi connectivity index (χ3v) is 6.85. The second kappa shape index (κ2) is 9.07. The van der Waals surface area contributed by atoms with Crippen LogP contribution in [0.3, 0.4) is 0 Å². The summed E-state index contributed by atoms with van der Waals surface area (Å²) in [6.07, 6.45) is 1.46. The van der Waals surface area contributed by atoms with Crippen molar-refractivity contribution in [3.8, 4) is 11.4 Å². The molecule has 2 saturated heterocycles. The lowest BCUT2D eigenvalue weighted by molar-refractivity contribution is -0.137. The van der Waals surface area contributed by atoms with Crippen LogP contribution in [0.5, 0.6) is 0 Å². The molecule has 3 aromatic rings. The zero-order chi connectivity index (χ0) is 24.7. The highest BCUT2D eigenvalue weighted by Gasteiger charge is 2.44. The lowest BCUT2D eigenvalue weighted by Gasteiger charge is -2.50. The number of pyridine rings is 1. The number of hydrogen-bond acceptors (Lipinski definition) is 5. The summed E-state index contributed by atoms with van der Waals surface area (Å²) in [5.41, 5.74) is -0.735. The number of nitrogens with zero attached hydrogens (tertiary/aromatic N) is 4. The number of fused-ring (bicyclic) bond motifs is 3. The van der Waals surface area contributed by atoms with Gasteiger partial charge in [-0.1, -0.05) is 17.7 Å². The second-order valence-electron chi connectivity index (χ2n) is 8.74. The van der Waals surface area contributed by atoms with E-state index in [4.69, 9.17) is 11.6 Å². The van der Waals surface area contributed by atoms with Crippen LogP contribution in [0, 0.1) is 11.7 Å². The molecule has 0 radical (unpaired) electrons. The molecule has 3 fully saturated rings. The van der Waals surface area contributed by atoms with Crippen molar-refractivity contribution in [2.45, 2.75) is 37.5 Å². The molecule has 11 heteroatoms. The molecule has 3 atom stereocenters. The first-order chi connectivity index (χ1) is 16.7. The number of rotatable bonds is 4. The number of aromatic nitrogens is 3. The topological polar surface area (TPSA) is 71.0 Å². The summed E-state index contributed by atoms with van der Waals surface area (Å²) in [5, 5.41) is 3.00. The molecule has 2 aromatic heterocycles. The van der Waals surface area contributed by atoms with E-state index in [0.717, 1.165) is 18.7 Å². The average molecular weight is 506 g/mol. The molecule has 0 unspecified atom stereocenters. The van der Waals surface area contributed by atoms with Crippen LogP contribution in [-0.2, 0) is 6.18 Å². The molecule has 1 aromatic carbocycles. The van der Waals surface area contributed by atoms with Crippen molar-refractivity contribution in [1.82, 2.24) is 19.9 Å². The first kappa shape index (κ1) is 23.5. The van der Waals surface area contributed by atoms with Crippen LogP contribution >= 0.6 is 11.6 Å². The zero-order valence-corrected chi connectivity index (χ0v) is 19.0. The van der Waals surface area contributed by atoms with Gasteiger partial charge in [0.2, 0.25) is 0 Å². The van der Waals surface area contributed by atoms with Crippen molar-refractivity contribution in [2.24, 2.45) is 5.92 Å². The summed E-state index contributed by atoms with van der Waals surface area (Å²) < 4.78 is 53.7. The van der Waals surface area contributed by atoms with Gasteiger partial charge in [0.05, 0.1) is 27.8 Å². The van der Waals surface area contributed by atoms with E-state index < -0.39 is 17.6 Å². The Balaban J connectivity index is 1.42. The molecule has 1 aliphatic carbocycles. The molecule has 6 rings (SSSR count). The van der Waals surface area contributed by atoms with Crippen molar-refractivity contribution in [2.75, 3.05) is 11.9 Å². The number of amides is 1. The Kier molecular flexibility index (Phi) is 6.08. The molecule has 2 aliphatic heterocycles. The maximum atomic E-state index is 14.8. The molecule has 1 N–H and O–H groups in total. The SMILES string of the molecule is O=C(c1cccc(F)c1-c1ncccn1)N1C[C@@H]2CC[C@H]1[C@H](Nc1ncc(C(F)(F)F)cc1Cl)C2. The van der Waals surface area contributed by atoms with E-state index in [1.54, 1.807) is 17.0 Å². The largest absolute Gasteiger partial charge is 0.417 e. The molecule has 182 valence electrons. The normalized spacial score (nSPS) is 21.7. The number of carbonyl (C=O) groups is 1. The Morgan fingerprint density at radius 1 is 1.11 bits per heavy atom. The van der Waals surface area contributed by atoms with Crippen LogP contribution in [0.1, 0.15) is 35.2 Å². The molecule has 2 bridgehead atoms. The highest BCUT2D eigenvalue weighted by Crippen LogP contribution is 2.39. The maximum absolute atomic E-state index is 14.8. The first-order valence-electron chi connectivity index (χ1n) is 11.1. The van der Waals surface area contributed by atoms with Crippen LogP contribution in [0.15, 0.2) is 48.9 Å². The lowest BCUT2D eigenvalue weighted by Crippen LogP contribution is -2.59. The average Bonchev–Trinajstić information content (AvgIpc) is 2.85. The predicted molar refractivity (Wildman–Crippen MR) is 121 cm³/mol. The van der Waals surface area contributed by atoms with Gasteiger partial charge >= 0.3 is 6.18 Å². The minimum absolute atomic E-state index is 0.0384. The predicted octanol–water partition coefficient (Wildman–Crippen LogP) is 5.46. The summed E-state index contributed by atoms with van der Waals surface area (Å²) in [7, 11) is 0. The van der Waals surface area contributed by atoms with Crippen LogP contribution in [0.25, 0.3) is 11.4 Å². The number of carbonyl (C=O) groups excluding carboxylic acids is 1. The zero-order valence-electron chi connectivity index (χ0n) is 18.3. The first-order valence-corrected chi connectivity index (χ1v) is 11.5. The van der Waals surface area contributed by atoms with Gasteiger partial charge in [0, 0.05) is 31.2 Å². The van der Waals surface area contributed by atoms with E-state index >= 15 is 0 Å². The minimum Gasteiger partial charge on any atom is -0.364 e. The van der Waals surface area contributed by atoms with E-state index in [-0.39, 0.29) is 51.7 Å². The van der Waals surface area contributed by atoms with E-state index in [2.05, 4.69) is 20.3 Å². The molecule has 3 aliphatic rings. The Labute approximate surface area is 203 Å². The van der Waals surface area contributed by atoms with Gasteiger partial charge in [-0.15, -0.1) is 0 Å². The molecule has 1 amide bonds. The standard InChI is InChI=1S/C24H20ClF4N5O/c25-16-10-14(24(27,28)29)11-32-21(16)33-18-9-13-5-6-19(18)34(12-13)23(35)15-3-1-4-17(26)20(15)22-30-7-2-8-31-22/h1-4,7-8,10-11,13,18-19H,5-6,9,12H2,(H,32,33)/t13-,18-,19+/m1/s1. The number of piperidine rings is 2. The van der Waals surface area contributed by atoms with Crippen molar-refractivity contribution < 1.29 is 22.4 Å². The number of halogens is 5. The monoisotopic (exact) mass is 505 g/mol. The van der Waals surface area contributed by atoms with Gasteiger partial charge < -0.3 is 10.2 Å². The fourth-order valence-electron chi connectivity index (χ4n) is 4.97. The Hall–Kier alpha value is -3.27. The fourth-order valence-corrected chi connectivity index (χ4v) is 5.19. The van der Waals surface area contributed by atoms with Crippen LogP contribution in [0.2, 0.25) is 5.02 Å². The van der Waals surface area contributed by atoms with Crippen LogP contribution < -0.4 is 5.32 Å². The van der Waals surface area contributed by atoms with Gasteiger partial charge in [0.1, 0.15) is 11.6 Å². The molecule has 0 spiro atoms. The molecule has 1 saturated carbocycles. The maximum Gasteiger partial charge on any atom is 0.417 e. The summed E-state index contributed by atoms with van der Waals surface area (Å²) >= 11 is 6.10. The Morgan fingerprint density at radius 2 is 1.89 bits per heavy atom. The third-order valence-electron chi connectivity index (χ3n) is 6.56. The van der Waals surface area contributed by atoms with Gasteiger partial charge in [-0.05, 0) is 49.4 Å². The molecule has 6 nitrogen and oxygen atoms in total. The van der Waals surface area contributed by atoms with Crippen molar-refractivity contribution in [3.63, 3.8) is 0 Å². The van der Waals surface area contributed by atoms with E-state index in [9.17, 15) is 22.4 Å². The molecule has 4 heterocycles. The van der Waals surface area contributed by atoms with Gasteiger partial charge in [-0.2, -0.15) is 13.2 Å². The second-order valence-corrected chi connectivity index (χ2v) is 9.15. The minimum atomic E-state index is -4.55. The van der Waals surface area contributed by atoms with E-state index in [1.807, 2.05) is 0 Å². The quantitative estimate of drug-likeness (QED) is 0.477. The number of nitrogens with one attached hydrogen (secondary N) is 1. The molecular weight excluding hydrogens is 486 g/mol. The van der Waals surface area contributed by atoms with Gasteiger partial charge in [-0.25, -0.2) is 19.3 Å². The molecular formula is C24H20ClF4N5O. The van der Waals surface area contributed by atoms with Crippen molar-refractivity contribution in [3.05, 3.63) is 70.9 Å². The van der Waals surface area contributed by atoms with Gasteiger partial charge in [-0.3, -0.25) is 4.79 Å². The van der Waals surface area contributed by atoms with E-state index in [1.165, 1.54) is 24.5 Å². The number of benzene rings is 1. The summed E-state index contributed by atoms with van der Waals surface area (Å²) in [5.74, 6) is -0.515. The van der Waals surface area contributed by atoms with Gasteiger partial charge in [0.25, 0.3) is 5.91 Å². The summed E-state index contributed by atoms with van der Waals surface area (Å²) in [6, 6.07) is 6.19. The van der Waals surface area contributed by atoms with Crippen molar-refractivity contribution >= 4 is 23.3 Å². The smallest absolute Gasteiger partial charge is 0.364 e. The third kappa shape index (κ3) is 4.54. The Morgan fingerprint density at radius 3 is 2.57 bits per heavy atom. The van der Waals surface area contributed by atoms with Crippen LogP contribution in [0.4, 0.5) is 23.4 Å². The lowest BCUT2D eigenvalue weighted by atomic mass is 9.76. The van der Waals surface area contributed by atoms with Crippen LogP contribution in [-0.4, -0.2) is 44.4 Å². The number of alkyl halides is 3. The summed E-state index contributed by atoms with van der Waals surface area (Å²) in [6.45, 7) is 0.501. The fraction of sp³-hybridized carbons (Fsp3) is 0.333. The highest BCUT2D eigenvalue weighted by atomic mass is 35.5. The summed E-state index contributed by atoms with van der Waals surface area (Å²) in [4.78, 5) is 27.5. The van der Waals surface area contributed by atoms with Gasteiger partial charge in [0.15, 0.2) is 5.82 Å². The van der Waals surface area contributed by atoms with E-state index in [0.29, 0.717) is 19.4 Å². The highest BCUT2D eigenvalue weighted by molar-refractivity contribution is 6.33. The van der Waals surface area contributed by atoms with Crippen molar-refractivity contribution in [1.29, 1.82) is 0 Å². The number of anilines is 1. The molecule has 35 heavy (non-hydrogen) atoms. The number of hydrogen-bond donors (Lipinski definition) is 1. The Bertz CT molecular complexity index is 1260.